The standard InChI is InChI=1S/C11H14BrFN2O/c1-16-11-7-9(13)8(12)6-10(11)15-4-2-14-3-5-15/h6-7,14H,2-5H2,1H3. The van der Waals surface area contributed by atoms with Crippen LogP contribution < -0.4 is 15.0 Å². The van der Waals surface area contributed by atoms with Gasteiger partial charge in [0.15, 0.2) is 0 Å². The molecule has 0 atom stereocenters. The van der Waals surface area contributed by atoms with E-state index in [1.165, 1.54) is 6.07 Å². The molecule has 0 amide bonds. The average Bonchev–Trinajstić information content (AvgIpc) is 2.33. The highest BCUT2D eigenvalue weighted by Gasteiger charge is 2.17. The van der Waals surface area contributed by atoms with Gasteiger partial charge < -0.3 is 15.0 Å². The molecule has 16 heavy (non-hydrogen) atoms. The van der Waals surface area contributed by atoms with Gasteiger partial charge in [-0.05, 0) is 22.0 Å². The maximum atomic E-state index is 13.4. The third-order valence-electron chi connectivity index (χ3n) is 2.68. The van der Waals surface area contributed by atoms with Gasteiger partial charge in [0.1, 0.15) is 11.6 Å². The van der Waals surface area contributed by atoms with Crippen LogP contribution >= 0.6 is 15.9 Å². The van der Waals surface area contributed by atoms with Crippen molar-refractivity contribution < 1.29 is 9.13 Å². The van der Waals surface area contributed by atoms with Crippen molar-refractivity contribution in [3.8, 4) is 5.75 Å². The molecule has 1 aliphatic heterocycles. The van der Waals surface area contributed by atoms with E-state index in [0.717, 1.165) is 31.9 Å². The smallest absolute Gasteiger partial charge is 0.145 e. The van der Waals surface area contributed by atoms with Crippen LogP contribution in [0.25, 0.3) is 0 Å². The van der Waals surface area contributed by atoms with E-state index in [0.29, 0.717) is 10.2 Å². The van der Waals surface area contributed by atoms with Crippen LogP contribution in [0.5, 0.6) is 5.75 Å². The molecule has 0 spiro atoms. The molecule has 3 nitrogen and oxygen atoms in total. The second kappa shape index (κ2) is 5.01. The van der Waals surface area contributed by atoms with Gasteiger partial charge >= 0.3 is 0 Å². The first-order valence-electron chi connectivity index (χ1n) is 5.21. The monoisotopic (exact) mass is 288 g/mol. The van der Waals surface area contributed by atoms with Crippen molar-refractivity contribution in [2.45, 2.75) is 0 Å². The summed E-state index contributed by atoms with van der Waals surface area (Å²) in [7, 11) is 1.56. The molecule has 5 heteroatoms. The number of nitrogens with zero attached hydrogens (tertiary/aromatic N) is 1. The predicted molar refractivity (Wildman–Crippen MR) is 65.7 cm³/mol. The van der Waals surface area contributed by atoms with Crippen molar-refractivity contribution >= 4 is 21.6 Å². The van der Waals surface area contributed by atoms with Gasteiger partial charge in [-0.25, -0.2) is 4.39 Å². The third-order valence-corrected chi connectivity index (χ3v) is 3.29. The minimum absolute atomic E-state index is 0.296. The van der Waals surface area contributed by atoms with Gasteiger partial charge in [-0.1, -0.05) is 0 Å². The second-order valence-electron chi connectivity index (χ2n) is 3.68. The normalized spacial score (nSPS) is 16.3. The summed E-state index contributed by atoms with van der Waals surface area (Å²) in [6, 6.07) is 3.20. The van der Waals surface area contributed by atoms with Crippen molar-refractivity contribution in [3.63, 3.8) is 0 Å². The molecule has 88 valence electrons. The molecule has 1 aromatic carbocycles. The fourth-order valence-corrected chi connectivity index (χ4v) is 2.17. The van der Waals surface area contributed by atoms with E-state index in [9.17, 15) is 4.39 Å². The largest absolute Gasteiger partial charge is 0.494 e. The Hall–Kier alpha value is -0.810. The van der Waals surface area contributed by atoms with Crippen LogP contribution in [0.1, 0.15) is 0 Å². The molecule has 1 saturated heterocycles. The molecule has 0 aromatic heterocycles. The first-order chi connectivity index (χ1) is 7.72. The van der Waals surface area contributed by atoms with Gasteiger partial charge in [0, 0.05) is 32.2 Å². The van der Waals surface area contributed by atoms with E-state index in [1.54, 1.807) is 13.2 Å². The van der Waals surface area contributed by atoms with Crippen LogP contribution in [0, 0.1) is 5.82 Å². The van der Waals surface area contributed by atoms with Crippen LogP contribution in [0.2, 0.25) is 0 Å². The Labute approximate surface area is 103 Å². The molecule has 2 rings (SSSR count). The number of hydrogen-bond acceptors (Lipinski definition) is 3. The van der Waals surface area contributed by atoms with Crippen molar-refractivity contribution in [1.29, 1.82) is 0 Å². The van der Waals surface area contributed by atoms with Crippen molar-refractivity contribution in [2.24, 2.45) is 0 Å². The van der Waals surface area contributed by atoms with Gasteiger partial charge in [-0.2, -0.15) is 0 Å². The Morgan fingerprint density at radius 1 is 1.38 bits per heavy atom. The average molecular weight is 289 g/mol. The fraction of sp³-hybridized carbons (Fsp3) is 0.455. The molecule has 1 aromatic rings. The highest BCUT2D eigenvalue weighted by molar-refractivity contribution is 9.10. The lowest BCUT2D eigenvalue weighted by atomic mass is 10.2. The molecule has 0 radical (unpaired) electrons. The molecular formula is C11H14BrFN2O. The minimum atomic E-state index is -0.296. The van der Waals surface area contributed by atoms with E-state index in [-0.39, 0.29) is 5.82 Å². The quantitative estimate of drug-likeness (QED) is 0.901. The van der Waals surface area contributed by atoms with E-state index in [1.807, 2.05) is 0 Å². The van der Waals surface area contributed by atoms with Gasteiger partial charge in [0.2, 0.25) is 0 Å². The predicted octanol–water partition coefficient (Wildman–Crippen LogP) is 2.01. The molecule has 0 unspecified atom stereocenters. The number of nitrogens with one attached hydrogen (secondary N) is 1. The number of methoxy groups -OCH3 is 1. The zero-order valence-corrected chi connectivity index (χ0v) is 10.7. The number of benzene rings is 1. The van der Waals surface area contributed by atoms with Crippen molar-refractivity contribution in [2.75, 3.05) is 38.2 Å². The van der Waals surface area contributed by atoms with Crippen molar-refractivity contribution in [3.05, 3.63) is 22.4 Å². The summed E-state index contributed by atoms with van der Waals surface area (Å²) in [6.07, 6.45) is 0. The molecule has 1 heterocycles. The topological polar surface area (TPSA) is 24.5 Å². The van der Waals surface area contributed by atoms with Crippen LogP contribution in [-0.4, -0.2) is 33.3 Å². The van der Waals surface area contributed by atoms with Gasteiger partial charge in [-0.15, -0.1) is 0 Å². The summed E-state index contributed by atoms with van der Waals surface area (Å²) < 4.78 is 19.0. The Morgan fingerprint density at radius 3 is 2.69 bits per heavy atom. The molecule has 0 aliphatic carbocycles. The summed E-state index contributed by atoms with van der Waals surface area (Å²) in [5.74, 6) is 0.290. The summed E-state index contributed by atoms with van der Waals surface area (Å²) in [5, 5.41) is 3.28. The van der Waals surface area contributed by atoms with Crippen LogP contribution in [0.3, 0.4) is 0 Å². The zero-order chi connectivity index (χ0) is 11.5. The van der Waals surface area contributed by atoms with Gasteiger partial charge in [0.25, 0.3) is 0 Å². The van der Waals surface area contributed by atoms with Crippen LogP contribution in [0.4, 0.5) is 10.1 Å². The number of ether oxygens (including phenoxy) is 1. The number of rotatable bonds is 2. The molecular weight excluding hydrogens is 275 g/mol. The summed E-state index contributed by atoms with van der Waals surface area (Å²) in [5.41, 5.74) is 0.942. The first kappa shape index (κ1) is 11.7. The highest BCUT2D eigenvalue weighted by Crippen LogP contribution is 2.33. The van der Waals surface area contributed by atoms with Crippen LogP contribution in [-0.2, 0) is 0 Å². The van der Waals surface area contributed by atoms with Crippen LogP contribution in [0.15, 0.2) is 16.6 Å². The minimum Gasteiger partial charge on any atom is -0.494 e. The maximum absolute atomic E-state index is 13.4. The third kappa shape index (κ3) is 2.30. The SMILES string of the molecule is COc1cc(F)c(Br)cc1N1CCNCC1. The summed E-state index contributed by atoms with van der Waals surface area (Å²) >= 11 is 3.20. The summed E-state index contributed by atoms with van der Waals surface area (Å²) in [4.78, 5) is 2.19. The Bertz CT molecular complexity index is 380. The Balaban J connectivity index is 2.33. The molecule has 0 bridgehead atoms. The van der Waals surface area contributed by atoms with E-state index < -0.39 is 0 Å². The lowest BCUT2D eigenvalue weighted by Crippen LogP contribution is -2.43. The lowest BCUT2D eigenvalue weighted by Gasteiger charge is -2.30. The Kier molecular flexibility index (Phi) is 3.66. The second-order valence-corrected chi connectivity index (χ2v) is 4.53. The summed E-state index contributed by atoms with van der Waals surface area (Å²) in [6.45, 7) is 3.71. The molecule has 1 N–H and O–H groups in total. The Morgan fingerprint density at radius 2 is 2.06 bits per heavy atom. The number of halogens is 2. The van der Waals surface area contributed by atoms with Gasteiger partial charge in [-0.3, -0.25) is 0 Å². The van der Waals surface area contributed by atoms with E-state index in [4.69, 9.17) is 4.74 Å². The molecule has 0 saturated carbocycles. The number of piperazine rings is 1. The number of anilines is 1. The molecule has 1 fully saturated rings. The van der Waals surface area contributed by atoms with Crippen molar-refractivity contribution in [1.82, 2.24) is 5.32 Å². The highest BCUT2D eigenvalue weighted by atomic mass is 79.9. The van der Waals surface area contributed by atoms with E-state index >= 15 is 0 Å². The van der Waals surface area contributed by atoms with E-state index in [2.05, 4.69) is 26.1 Å². The van der Waals surface area contributed by atoms with Gasteiger partial charge in [0.05, 0.1) is 17.3 Å². The molecule has 1 aliphatic rings. The zero-order valence-electron chi connectivity index (χ0n) is 9.09. The fourth-order valence-electron chi connectivity index (χ4n) is 1.83. The lowest BCUT2D eigenvalue weighted by molar-refractivity contribution is 0.409. The number of hydrogen-bond donors (Lipinski definition) is 1. The first-order valence-corrected chi connectivity index (χ1v) is 6.00. The maximum Gasteiger partial charge on any atom is 0.145 e.